The van der Waals surface area contributed by atoms with Crippen molar-refractivity contribution >= 4 is 35.0 Å². The molecule has 0 unspecified atom stereocenters. The lowest BCUT2D eigenvalue weighted by Gasteiger charge is -2.02. The van der Waals surface area contributed by atoms with Crippen molar-refractivity contribution < 1.29 is 13.9 Å². The van der Waals surface area contributed by atoms with E-state index in [4.69, 9.17) is 9.15 Å². The van der Waals surface area contributed by atoms with Crippen LogP contribution in [0, 0.1) is 11.3 Å². The molecule has 0 aliphatic carbocycles. The van der Waals surface area contributed by atoms with Gasteiger partial charge in [-0.05, 0) is 42.0 Å². The Labute approximate surface area is 183 Å². The van der Waals surface area contributed by atoms with Crippen LogP contribution in [0.15, 0.2) is 88.9 Å². The van der Waals surface area contributed by atoms with Crippen LogP contribution < -0.4 is 4.74 Å². The molecule has 0 aliphatic rings. The Morgan fingerprint density at radius 1 is 1.06 bits per heavy atom. The van der Waals surface area contributed by atoms with Gasteiger partial charge in [-0.2, -0.15) is 5.26 Å². The standard InChI is InChI=1S/C25H16N2O3S/c26-16-20(25-27-23(17-31-25)19-5-2-1-3-6-19)15-18-8-10-22(11-9-18)30-24(28)13-12-21-7-4-14-29-21/h1-15,17H/b13-12+,20-15+. The molecule has 0 atom stereocenters. The third kappa shape index (κ3) is 5.24. The van der Waals surface area contributed by atoms with E-state index in [2.05, 4.69) is 11.1 Å². The van der Waals surface area contributed by atoms with Crippen LogP contribution in [0.5, 0.6) is 5.75 Å². The van der Waals surface area contributed by atoms with E-state index in [1.807, 2.05) is 35.7 Å². The molecule has 0 aliphatic heterocycles. The van der Waals surface area contributed by atoms with E-state index in [-0.39, 0.29) is 0 Å². The summed E-state index contributed by atoms with van der Waals surface area (Å²) in [6.45, 7) is 0. The lowest BCUT2D eigenvalue weighted by Crippen LogP contribution is -2.03. The molecule has 0 saturated heterocycles. The van der Waals surface area contributed by atoms with Crippen LogP contribution in [0.3, 0.4) is 0 Å². The Balaban J connectivity index is 1.45. The van der Waals surface area contributed by atoms with E-state index >= 15 is 0 Å². The van der Waals surface area contributed by atoms with E-state index in [1.54, 1.807) is 42.5 Å². The number of aromatic nitrogens is 1. The second kappa shape index (κ2) is 9.53. The topological polar surface area (TPSA) is 76.1 Å². The van der Waals surface area contributed by atoms with Gasteiger partial charge >= 0.3 is 5.97 Å². The predicted octanol–water partition coefficient (Wildman–Crippen LogP) is 6.09. The molecular weight excluding hydrogens is 408 g/mol. The average molecular weight is 424 g/mol. The molecular formula is C25H16N2O3S. The minimum Gasteiger partial charge on any atom is -0.465 e. The van der Waals surface area contributed by atoms with Crippen LogP contribution in [0.1, 0.15) is 16.3 Å². The van der Waals surface area contributed by atoms with E-state index in [0.717, 1.165) is 16.8 Å². The number of hydrogen-bond donors (Lipinski definition) is 0. The average Bonchev–Trinajstić information content (AvgIpc) is 3.50. The number of rotatable bonds is 6. The SMILES string of the molecule is N#C/C(=C\c1ccc(OC(=O)/C=C/c2ccco2)cc1)c1nc(-c2ccccc2)cs1. The highest BCUT2D eigenvalue weighted by Crippen LogP contribution is 2.27. The first kappa shape index (κ1) is 20.1. The number of carbonyl (C=O) groups excluding carboxylic acids is 1. The Hall–Kier alpha value is -4.21. The lowest BCUT2D eigenvalue weighted by atomic mass is 10.1. The Morgan fingerprint density at radius 2 is 1.87 bits per heavy atom. The fraction of sp³-hybridized carbons (Fsp3) is 0. The number of furan rings is 1. The van der Waals surface area contributed by atoms with Gasteiger partial charge in [-0.1, -0.05) is 42.5 Å². The maximum atomic E-state index is 11.9. The molecule has 6 heteroatoms. The number of esters is 1. The molecule has 5 nitrogen and oxygen atoms in total. The fourth-order valence-corrected chi connectivity index (χ4v) is 3.56. The molecule has 2 aromatic heterocycles. The van der Waals surface area contributed by atoms with E-state index in [9.17, 15) is 10.1 Å². The molecule has 0 spiro atoms. The Kier molecular flexibility index (Phi) is 6.17. The number of carbonyl (C=O) groups is 1. The van der Waals surface area contributed by atoms with Crippen molar-refractivity contribution in [3.05, 3.63) is 101 Å². The van der Waals surface area contributed by atoms with Gasteiger partial charge in [0.15, 0.2) is 0 Å². The van der Waals surface area contributed by atoms with Gasteiger partial charge in [0, 0.05) is 17.0 Å². The second-order valence-electron chi connectivity index (χ2n) is 6.41. The third-order valence-corrected chi connectivity index (χ3v) is 5.14. The van der Waals surface area contributed by atoms with E-state index < -0.39 is 5.97 Å². The number of nitrogens with zero attached hydrogens (tertiary/aromatic N) is 2. The first-order valence-corrected chi connectivity index (χ1v) is 10.3. The number of nitriles is 1. The minimum atomic E-state index is -0.506. The van der Waals surface area contributed by atoms with Crippen LogP contribution in [0.2, 0.25) is 0 Å². The summed E-state index contributed by atoms with van der Waals surface area (Å²) in [5.74, 6) is 0.470. The van der Waals surface area contributed by atoms with Crippen molar-refractivity contribution in [3.63, 3.8) is 0 Å². The van der Waals surface area contributed by atoms with E-state index in [1.165, 1.54) is 29.8 Å². The van der Waals surface area contributed by atoms with Crippen molar-refractivity contribution in [1.82, 2.24) is 4.98 Å². The van der Waals surface area contributed by atoms with Gasteiger partial charge in [-0.15, -0.1) is 11.3 Å². The summed E-state index contributed by atoms with van der Waals surface area (Å²) in [7, 11) is 0. The summed E-state index contributed by atoms with van der Waals surface area (Å²) in [6, 6.07) is 22.4. The molecule has 150 valence electrons. The van der Waals surface area contributed by atoms with Gasteiger partial charge in [0.05, 0.1) is 17.5 Å². The van der Waals surface area contributed by atoms with Crippen molar-refractivity contribution in [2.24, 2.45) is 0 Å². The summed E-state index contributed by atoms with van der Waals surface area (Å²) in [6.07, 6.45) is 6.13. The molecule has 4 aromatic rings. The van der Waals surface area contributed by atoms with Gasteiger partial charge < -0.3 is 9.15 Å². The minimum absolute atomic E-state index is 0.408. The summed E-state index contributed by atoms with van der Waals surface area (Å²) in [5.41, 5.74) is 3.12. The van der Waals surface area contributed by atoms with Crippen LogP contribution in [-0.2, 0) is 4.79 Å². The zero-order valence-electron chi connectivity index (χ0n) is 16.3. The van der Waals surface area contributed by atoms with Crippen LogP contribution in [0.25, 0.3) is 29.0 Å². The quantitative estimate of drug-likeness (QED) is 0.162. The molecule has 2 heterocycles. The first-order valence-electron chi connectivity index (χ1n) is 9.38. The molecule has 0 amide bonds. The maximum absolute atomic E-state index is 11.9. The summed E-state index contributed by atoms with van der Waals surface area (Å²) < 4.78 is 10.4. The zero-order chi connectivity index (χ0) is 21.5. The number of ether oxygens (including phenoxy) is 1. The fourth-order valence-electron chi connectivity index (χ4n) is 2.77. The second-order valence-corrected chi connectivity index (χ2v) is 7.27. The van der Waals surface area contributed by atoms with Gasteiger partial charge in [-0.25, -0.2) is 9.78 Å². The Morgan fingerprint density at radius 3 is 2.58 bits per heavy atom. The smallest absolute Gasteiger partial charge is 0.336 e. The zero-order valence-corrected chi connectivity index (χ0v) is 17.1. The van der Waals surface area contributed by atoms with Crippen LogP contribution in [0.4, 0.5) is 0 Å². The van der Waals surface area contributed by atoms with Crippen molar-refractivity contribution in [3.8, 4) is 23.1 Å². The highest BCUT2D eigenvalue weighted by Gasteiger charge is 2.09. The van der Waals surface area contributed by atoms with Gasteiger partial charge in [-0.3, -0.25) is 0 Å². The molecule has 0 saturated carbocycles. The highest BCUT2D eigenvalue weighted by molar-refractivity contribution is 7.11. The highest BCUT2D eigenvalue weighted by atomic mass is 32.1. The van der Waals surface area contributed by atoms with Crippen LogP contribution in [-0.4, -0.2) is 11.0 Å². The lowest BCUT2D eigenvalue weighted by molar-refractivity contribution is -0.128. The molecule has 2 aromatic carbocycles. The number of thiazole rings is 1. The van der Waals surface area contributed by atoms with Crippen molar-refractivity contribution in [2.45, 2.75) is 0 Å². The number of benzene rings is 2. The first-order chi connectivity index (χ1) is 15.2. The predicted molar refractivity (Wildman–Crippen MR) is 121 cm³/mol. The molecule has 0 N–H and O–H groups in total. The monoisotopic (exact) mass is 424 g/mol. The summed E-state index contributed by atoms with van der Waals surface area (Å²) in [5, 5.41) is 12.2. The van der Waals surface area contributed by atoms with Gasteiger partial charge in [0.25, 0.3) is 0 Å². The third-order valence-electron chi connectivity index (χ3n) is 4.26. The van der Waals surface area contributed by atoms with Gasteiger partial charge in [0.2, 0.25) is 0 Å². The molecule has 0 bridgehead atoms. The molecule has 0 fully saturated rings. The molecule has 0 radical (unpaired) electrons. The van der Waals surface area contributed by atoms with Crippen LogP contribution >= 0.6 is 11.3 Å². The number of hydrogen-bond acceptors (Lipinski definition) is 6. The molecule has 31 heavy (non-hydrogen) atoms. The maximum Gasteiger partial charge on any atom is 0.336 e. The van der Waals surface area contributed by atoms with Gasteiger partial charge in [0.1, 0.15) is 22.6 Å². The van der Waals surface area contributed by atoms with E-state index in [0.29, 0.717) is 22.1 Å². The summed E-state index contributed by atoms with van der Waals surface area (Å²) in [4.78, 5) is 16.5. The number of allylic oxidation sites excluding steroid dienone is 1. The van der Waals surface area contributed by atoms with Crippen molar-refractivity contribution in [1.29, 1.82) is 5.26 Å². The van der Waals surface area contributed by atoms with Crippen molar-refractivity contribution in [2.75, 3.05) is 0 Å². The normalized spacial score (nSPS) is 11.4. The molecule has 4 rings (SSSR count). The summed E-state index contributed by atoms with van der Waals surface area (Å²) >= 11 is 1.43. The Bertz CT molecular complexity index is 1260. The largest absolute Gasteiger partial charge is 0.465 e.